The molecule has 3 rings (SSSR count). The molecule has 2 aromatic carbocycles. The number of hydrogen-bond donors (Lipinski definition) is 1. The second-order valence-corrected chi connectivity index (χ2v) is 5.58. The van der Waals surface area contributed by atoms with Crippen molar-refractivity contribution >= 4 is 5.91 Å². The first kappa shape index (κ1) is 16.7. The molecule has 0 fully saturated rings. The summed E-state index contributed by atoms with van der Waals surface area (Å²) in [6.07, 6.45) is 0.458. The van der Waals surface area contributed by atoms with Crippen LogP contribution >= 0.6 is 0 Å². The molecule has 0 radical (unpaired) electrons. The molecule has 1 aromatic heterocycles. The van der Waals surface area contributed by atoms with E-state index in [1.165, 1.54) is 0 Å². The summed E-state index contributed by atoms with van der Waals surface area (Å²) in [7, 11) is 1.60. The zero-order valence-corrected chi connectivity index (χ0v) is 14.2. The van der Waals surface area contributed by atoms with Gasteiger partial charge in [-0.2, -0.15) is 4.98 Å². The number of ether oxygens (including phenoxy) is 1. The van der Waals surface area contributed by atoms with Gasteiger partial charge in [-0.05, 0) is 31.2 Å². The summed E-state index contributed by atoms with van der Waals surface area (Å²) in [6.45, 7) is 2.40. The summed E-state index contributed by atoms with van der Waals surface area (Å²) in [5, 5.41) is 6.83. The Kier molecular flexibility index (Phi) is 5.09. The highest BCUT2D eigenvalue weighted by Gasteiger charge is 2.13. The highest BCUT2D eigenvalue weighted by molar-refractivity contribution is 5.94. The molecule has 0 aliphatic rings. The van der Waals surface area contributed by atoms with E-state index in [4.69, 9.17) is 9.26 Å². The summed E-state index contributed by atoms with van der Waals surface area (Å²) < 4.78 is 10.6. The third-order valence-electron chi connectivity index (χ3n) is 3.75. The maximum atomic E-state index is 12.1. The average molecular weight is 337 g/mol. The second kappa shape index (κ2) is 7.61. The lowest BCUT2D eigenvalue weighted by Gasteiger charge is -2.04. The standard InChI is InChI=1S/C19H19N3O3/c1-13-7-9-14(10-8-13)19(23)20-12-11-17-21-18(22-25-17)15-5-3-4-6-16(15)24-2/h3-10H,11-12H2,1-2H3,(H,20,23). The van der Waals surface area contributed by atoms with Crippen LogP contribution in [0.3, 0.4) is 0 Å². The van der Waals surface area contributed by atoms with Crippen molar-refractivity contribution in [2.24, 2.45) is 0 Å². The van der Waals surface area contributed by atoms with Crippen LogP contribution in [0.25, 0.3) is 11.4 Å². The number of para-hydroxylation sites is 1. The van der Waals surface area contributed by atoms with Crippen LogP contribution in [0, 0.1) is 6.92 Å². The van der Waals surface area contributed by atoms with E-state index in [1.807, 2.05) is 43.3 Å². The molecule has 0 spiro atoms. The quantitative estimate of drug-likeness (QED) is 0.748. The van der Waals surface area contributed by atoms with E-state index < -0.39 is 0 Å². The first-order valence-corrected chi connectivity index (χ1v) is 7.98. The number of amides is 1. The Labute approximate surface area is 145 Å². The summed E-state index contributed by atoms with van der Waals surface area (Å²) in [4.78, 5) is 16.4. The third kappa shape index (κ3) is 4.03. The van der Waals surface area contributed by atoms with Crippen LogP contribution in [0.1, 0.15) is 21.8 Å². The minimum atomic E-state index is -0.121. The van der Waals surface area contributed by atoms with Crippen molar-refractivity contribution in [1.82, 2.24) is 15.5 Å². The van der Waals surface area contributed by atoms with Crippen LogP contribution in [0.5, 0.6) is 5.75 Å². The number of rotatable bonds is 6. The van der Waals surface area contributed by atoms with Crippen LogP contribution < -0.4 is 10.1 Å². The maximum Gasteiger partial charge on any atom is 0.251 e. The average Bonchev–Trinajstić information content (AvgIpc) is 3.11. The fourth-order valence-corrected chi connectivity index (χ4v) is 2.39. The van der Waals surface area contributed by atoms with Crippen LogP contribution in [-0.4, -0.2) is 29.7 Å². The number of nitrogens with zero attached hydrogens (tertiary/aromatic N) is 2. The largest absolute Gasteiger partial charge is 0.496 e. The molecular weight excluding hydrogens is 318 g/mol. The molecule has 0 saturated heterocycles. The molecule has 6 nitrogen and oxygen atoms in total. The first-order chi connectivity index (χ1) is 12.2. The SMILES string of the molecule is COc1ccccc1-c1noc(CCNC(=O)c2ccc(C)cc2)n1. The lowest BCUT2D eigenvalue weighted by Crippen LogP contribution is -2.25. The Morgan fingerprint density at radius 3 is 2.68 bits per heavy atom. The zero-order chi connectivity index (χ0) is 17.6. The van der Waals surface area contributed by atoms with E-state index in [9.17, 15) is 4.79 Å². The number of aromatic nitrogens is 2. The zero-order valence-electron chi connectivity index (χ0n) is 14.2. The molecule has 0 unspecified atom stereocenters. The molecule has 0 bridgehead atoms. The van der Waals surface area contributed by atoms with Gasteiger partial charge >= 0.3 is 0 Å². The maximum absolute atomic E-state index is 12.1. The summed E-state index contributed by atoms with van der Waals surface area (Å²) in [6, 6.07) is 14.9. The van der Waals surface area contributed by atoms with Crippen molar-refractivity contribution in [3.8, 4) is 17.1 Å². The number of methoxy groups -OCH3 is 1. The number of carbonyl (C=O) groups is 1. The van der Waals surface area contributed by atoms with Crippen LogP contribution in [-0.2, 0) is 6.42 Å². The van der Waals surface area contributed by atoms with Crippen molar-refractivity contribution in [3.05, 3.63) is 65.5 Å². The smallest absolute Gasteiger partial charge is 0.251 e. The molecule has 0 saturated carbocycles. The monoisotopic (exact) mass is 337 g/mol. The van der Waals surface area contributed by atoms with Crippen LogP contribution in [0.2, 0.25) is 0 Å². The van der Waals surface area contributed by atoms with Gasteiger partial charge < -0.3 is 14.6 Å². The van der Waals surface area contributed by atoms with E-state index in [-0.39, 0.29) is 5.91 Å². The van der Waals surface area contributed by atoms with Crippen molar-refractivity contribution in [2.45, 2.75) is 13.3 Å². The van der Waals surface area contributed by atoms with Gasteiger partial charge in [0.25, 0.3) is 5.91 Å². The molecule has 1 heterocycles. The van der Waals surface area contributed by atoms with Gasteiger partial charge in [0, 0.05) is 18.5 Å². The normalized spacial score (nSPS) is 10.5. The van der Waals surface area contributed by atoms with Gasteiger partial charge in [-0.25, -0.2) is 0 Å². The van der Waals surface area contributed by atoms with Gasteiger partial charge in [0.2, 0.25) is 11.7 Å². The molecule has 1 amide bonds. The molecule has 0 atom stereocenters. The predicted octanol–water partition coefficient (Wildman–Crippen LogP) is 3.03. The van der Waals surface area contributed by atoms with Gasteiger partial charge in [-0.3, -0.25) is 4.79 Å². The number of hydrogen-bond acceptors (Lipinski definition) is 5. The molecule has 0 aliphatic heterocycles. The summed E-state index contributed by atoms with van der Waals surface area (Å²) in [5.74, 6) is 1.49. The van der Waals surface area contributed by atoms with E-state index in [1.54, 1.807) is 19.2 Å². The second-order valence-electron chi connectivity index (χ2n) is 5.58. The third-order valence-corrected chi connectivity index (χ3v) is 3.75. The molecule has 1 N–H and O–H groups in total. The molecule has 128 valence electrons. The molecule has 25 heavy (non-hydrogen) atoms. The Balaban J connectivity index is 1.59. The summed E-state index contributed by atoms with van der Waals surface area (Å²) >= 11 is 0. The van der Waals surface area contributed by atoms with Gasteiger partial charge in [-0.1, -0.05) is 35.0 Å². The van der Waals surface area contributed by atoms with E-state index in [0.717, 1.165) is 11.1 Å². The van der Waals surface area contributed by atoms with Crippen LogP contribution in [0.4, 0.5) is 0 Å². The van der Waals surface area contributed by atoms with E-state index >= 15 is 0 Å². The van der Waals surface area contributed by atoms with Crippen LogP contribution in [0.15, 0.2) is 53.1 Å². The lowest BCUT2D eigenvalue weighted by atomic mass is 10.1. The Morgan fingerprint density at radius 2 is 1.92 bits per heavy atom. The highest BCUT2D eigenvalue weighted by Crippen LogP contribution is 2.26. The minimum absolute atomic E-state index is 0.121. The lowest BCUT2D eigenvalue weighted by molar-refractivity contribution is 0.0953. The Morgan fingerprint density at radius 1 is 1.16 bits per heavy atom. The number of nitrogens with one attached hydrogen (secondary N) is 1. The highest BCUT2D eigenvalue weighted by atomic mass is 16.5. The van der Waals surface area contributed by atoms with Crippen molar-refractivity contribution in [1.29, 1.82) is 0 Å². The Hall–Kier alpha value is -3.15. The van der Waals surface area contributed by atoms with Gasteiger partial charge in [0.05, 0.1) is 12.7 Å². The molecular formula is C19H19N3O3. The van der Waals surface area contributed by atoms with E-state index in [0.29, 0.717) is 36.0 Å². The first-order valence-electron chi connectivity index (χ1n) is 7.98. The minimum Gasteiger partial charge on any atom is -0.496 e. The fraction of sp³-hybridized carbons (Fsp3) is 0.211. The summed E-state index contributed by atoms with van der Waals surface area (Å²) in [5.41, 5.74) is 2.51. The van der Waals surface area contributed by atoms with Gasteiger partial charge in [0.1, 0.15) is 5.75 Å². The topological polar surface area (TPSA) is 77.3 Å². The van der Waals surface area contributed by atoms with Gasteiger partial charge in [0.15, 0.2) is 0 Å². The number of aryl methyl sites for hydroxylation is 1. The van der Waals surface area contributed by atoms with Crippen molar-refractivity contribution < 1.29 is 14.1 Å². The van der Waals surface area contributed by atoms with Crippen molar-refractivity contribution in [2.75, 3.05) is 13.7 Å². The Bertz CT molecular complexity index is 856. The van der Waals surface area contributed by atoms with Gasteiger partial charge in [-0.15, -0.1) is 0 Å². The fourth-order valence-electron chi connectivity index (χ4n) is 2.39. The van der Waals surface area contributed by atoms with Crippen molar-refractivity contribution in [3.63, 3.8) is 0 Å². The molecule has 0 aliphatic carbocycles. The predicted molar refractivity (Wildman–Crippen MR) is 93.5 cm³/mol. The van der Waals surface area contributed by atoms with E-state index in [2.05, 4.69) is 15.5 Å². The molecule has 3 aromatic rings. The molecule has 6 heteroatoms. The number of carbonyl (C=O) groups excluding carboxylic acids is 1. The number of benzene rings is 2.